The van der Waals surface area contributed by atoms with E-state index in [0.717, 1.165) is 7.11 Å². The van der Waals surface area contributed by atoms with E-state index in [4.69, 9.17) is 15.1 Å². The van der Waals surface area contributed by atoms with Crippen LogP contribution in [-0.2, 0) is 14.6 Å². The lowest BCUT2D eigenvalue weighted by atomic mass is 11.8. The summed E-state index contributed by atoms with van der Waals surface area (Å²) in [6, 6.07) is 0. The number of hydrogen-bond donors (Lipinski definition) is 3. The van der Waals surface area contributed by atoms with E-state index in [9.17, 15) is 8.42 Å². The van der Waals surface area contributed by atoms with E-state index in [0.29, 0.717) is 0 Å². The first-order chi connectivity index (χ1) is 3.56. The zero-order chi connectivity index (χ0) is 7.21. The first-order valence-electron chi connectivity index (χ1n) is 1.29. The van der Waals surface area contributed by atoms with Crippen molar-refractivity contribution < 1.29 is 27.7 Å². The van der Waals surface area contributed by atoms with E-state index in [1.807, 2.05) is 0 Å². The summed E-state index contributed by atoms with van der Waals surface area (Å²) in [5.41, 5.74) is 0. The molecule has 0 heterocycles. The monoisotopic (exact) mass is 146 g/mol. The van der Waals surface area contributed by atoms with Crippen LogP contribution in [0.15, 0.2) is 0 Å². The lowest BCUT2D eigenvalue weighted by Crippen LogP contribution is -1.96. The van der Waals surface area contributed by atoms with Gasteiger partial charge in [-0.2, -0.15) is 8.42 Å². The molecule has 0 saturated carbocycles. The van der Waals surface area contributed by atoms with Gasteiger partial charge in [0.25, 0.3) is 0 Å². The summed E-state index contributed by atoms with van der Waals surface area (Å²) in [7, 11) is -3.29. The van der Waals surface area contributed by atoms with Gasteiger partial charge in [0.2, 0.25) is 0 Å². The minimum Gasteiger partial charge on any atom is -0.264 e. The van der Waals surface area contributed by atoms with E-state index in [1.165, 1.54) is 0 Å². The largest absolute Gasteiger partial charge is 0.397 e. The van der Waals surface area contributed by atoms with Gasteiger partial charge in [-0.15, -0.1) is 0 Å². The third-order valence-corrected chi connectivity index (χ3v) is 0.632. The van der Waals surface area contributed by atoms with E-state index >= 15 is 0 Å². The second-order valence-electron chi connectivity index (χ2n) is 0.594. The van der Waals surface area contributed by atoms with Crippen molar-refractivity contribution in [2.24, 2.45) is 0 Å². The molecule has 7 heteroatoms. The van der Waals surface area contributed by atoms with Crippen molar-refractivity contribution in [2.45, 2.75) is 0 Å². The lowest BCUT2D eigenvalue weighted by Gasteiger charge is -1.82. The smallest absolute Gasteiger partial charge is 0.264 e. The SMILES string of the molecule is COS(=O)(=O)O.OO. The van der Waals surface area contributed by atoms with Gasteiger partial charge in [-0.25, -0.2) is 0 Å². The van der Waals surface area contributed by atoms with Crippen molar-refractivity contribution in [1.82, 2.24) is 0 Å². The Bertz CT molecular complexity index is 110. The molecule has 0 saturated heterocycles. The molecule has 0 aliphatic carbocycles. The van der Waals surface area contributed by atoms with Gasteiger partial charge in [0.15, 0.2) is 0 Å². The molecular weight excluding hydrogens is 140 g/mol. The molecule has 0 aliphatic heterocycles. The lowest BCUT2D eigenvalue weighted by molar-refractivity contribution is -0.176. The molecule has 0 unspecified atom stereocenters. The van der Waals surface area contributed by atoms with Crippen molar-refractivity contribution in [3.05, 3.63) is 0 Å². The summed E-state index contributed by atoms with van der Waals surface area (Å²) >= 11 is 0. The Balaban J connectivity index is 0. The average molecular weight is 146 g/mol. The minimum atomic E-state index is -4.16. The van der Waals surface area contributed by atoms with Crippen LogP contribution in [0, 0.1) is 0 Å². The van der Waals surface area contributed by atoms with Crippen LogP contribution < -0.4 is 0 Å². The molecule has 0 bridgehead atoms. The molecule has 8 heavy (non-hydrogen) atoms. The van der Waals surface area contributed by atoms with Crippen LogP contribution in [0.3, 0.4) is 0 Å². The Morgan fingerprint density at radius 3 is 1.50 bits per heavy atom. The predicted molar refractivity (Wildman–Crippen MR) is 23.8 cm³/mol. The van der Waals surface area contributed by atoms with Crippen LogP contribution in [0.1, 0.15) is 0 Å². The number of hydrogen-bond acceptors (Lipinski definition) is 5. The molecule has 0 aromatic rings. The number of rotatable bonds is 1. The normalized spacial score (nSPS) is 9.50. The van der Waals surface area contributed by atoms with E-state index in [2.05, 4.69) is 4.18 Å². The van der Waals surface area contributed by atoms with Crippen molar-refractivity contribution in [3.8, 4) is 0 Å². The second kappa shape index (κ2) is 4.94. The third-order valence-electron chi connectivity index (χ3n) is 0.211. The summed E-state index contributed by atoms with van der Waals surface area (Å²) in [5.74, 6) is 0. The van der Waals surface area contributed by atoms with Gasteiger partial charge in [-0.05, 0) is 0 Å². The summed E-state index contributed by atoms with van der Waals surface area (Å²) in [6.07, 6.45) is 0. The zero-order valence-electron chi connectivity index (χ0n) is 3.97. The molecule has 0 aromatic heterocycles. The highest BCUT2D eigenvalue weighted by Gasteiger charge is 1.93. The minimum absolute atomic E-state index is 0.870. The Labute approximate surface area is 46.2 Å². The molecule has 3 N–H and O–H groups in total. The first-order valence-corrected chi connectivity index (χ1v) is 2.66. The molecule has 0 aliphatic rings. The quantitative estimate of drug-likeness (QED) is 0.260. The molecule has 0 radical (unpaired) electrons. The highest BCUT2D eigenvalue weighted by Crippen LogP contribution is 1.74. The molecule has 6 nitrogen and oxygen atoms in total. The van der Waals surface area contributed by atoms with E-state index in [1.54, 1.807) is 0 Å². The fraction of sp³-hybridized carbons (Fsp3) is 1.00. The molecular formula is CH6O6S. The van der Waals surface area contributed by atoms with Crippen molar-refractivity contribution in [3.63, 3.8) is 0 Å². The van der Waals surface area contributed by atoms with E-state index < -0.39 is 10.4 Å². The Kier molecular flexibility index (Phi) is 6.61. The maximum atomic E-state index is 9.33. The topological polar surface area (TPSA) is 104 Å². The summed E-state index contributed by atoms with van der Waals surface area (Å²) in [6.45, 7) is 0. The summed E-state index contributed by atoms with van der Waals surface area (Å²) in [5, 5.41) is 12.0. The molecule has 0 spiro atoms. The maximum absolute atomic E-state index is 9.33. The van der Waals surface area contributed by atoms with Crippen LogP contribution in [0.2, 0.25) is 0 Å². The Morgan fingerprint density at radius 1 is 1.38 bits per heavy atom. The fourth-order valence-corrected chi connectivity index (χ4v) is 0. The van der Waals surface area contributed by atoms with Crippen LogP contribution >= 0.6 is 0 Å². The van der Waals surface area contributed by atoms with Gasteiger partial charge in [-0.3, -0.25) is 19.3 Å². The van der Waals surface area contributed by atoms with Crippen LogP contribution in [0.5, 0.6) is 0 Å². The Hall–Kier alpha value is -0.210. The van der Waals surface area contributed by atoms with E-state index in [-0.39, 0.29) is 0 Å². The average Bonchev–Trinajstić information content (AvgIpc) is 1.71. The second-order valence-corrected chi connectivity index (χ2v) is 1.78. The summed E-state index contributed by atoms with van der Waals surface area (Å²) < 4.78 is 29.7. The van der Waals surface area contributed by atoms with Crippen molar-refractivity contribution in [1.29, 1.82) is 0 Å². The van der Waals surface area contributed by atoms with Crippen molar-refractivity contribution >= 4 is 10.4 Å². The zero-order valence-corrected chi connectivity index (χ0v) is 4.79. The van der Waals surface area contributed by atoms with Crippen molar-refractivity contribution in [2.75, 3.05) is 7.11 Å². The van der Waals surface area contributed by atoms with Gasteiger partial charge in [0.1, 0.15) is 0 Å². The fourth-order valence-electron chi connectivity index (χ4n) is 0. The van der Waals surface area contributed by atoms with Gasteiger partial charge in [0, 0.05) is 0 Å². The standard InChI is InChI=1S/CH4O4S.H2O2/c1-5-6(2,3)4;1-2/h1H3,(H,2,3,4);1-2H. The molecule has 0 amide bonds. The predicted octanol–water partition coefficient (Wildman–Crippen LogP) is -0.547. The van der Waals surface area contributed by atoms with Gasteiger partial charge in [-0.1, -0.05) is 0 Å². The maximum Gasteiger partial charge on any atom is 0.397 e. The van der Waals surface area contributed by atoms with Gasteiger partial charge >= 0.3 is 10.4 Å². The van der Waals surface area contributed by atoms with Crippen LogP contribution in [0.4, 0.5) is 0 Å². The molecule has 0 atom stereocenters. The van der Waals surface area contributed by atoms with Crippen LogP contribution in [0.25, 0.3) is 0 Å². The molecule has 0 aromatic carbocycles. The summed E-state index contributed by atoms with van der Waals surface area (Å²) in [4.78, 5) is 0. The highest BCUT2D eigenvalue weighted by atomic mass is 32.3. The molecule has 0 fully saturated rings. The first kappa shape index (κ1) is 10.7. The highest BCUT2D eigenvalue weighted by molar-refractivity contribution is 7.80. The Morgan fingerprint density at radius 2 is 1.50 bits per heavy atom. The van der Waals surface area contributed by atoms with Gasteiger partial charge < -0.3 is 0 Å². The van der Waals surface area contributed by atoms with Crippen LogP contribution in [-0.4, -0.2) is 30.6 Å². The third kappa shape index (κ3) is 17.1. The van der Waals surface area contributed by atoms with Gasteiger partial charge in [0.05, 0.1) is 7.11 Å². The molecule has 0 rings (SSSR count). The molecule has 52 valence electrons.